The summed E-state index contributed by atoms with van der Waals surface area (Å²) in [4.78, 5) is 11.0. The van der Waals surface area contributed by atoms with E-state index in [-0.39, 0.29) is 12.4 Å². The van der Waals surface area contributed by atoms with Gasteiger partial charge in [-0.1, -0.05) is 0 Å². The summed E-state index contributed by atoms with van der Waals surface area (Å²) in [5.74, 6) is 0.157. The molecule has 84 valence electrons. The molecule has 14 heavy (non-hydrogen) atoms. The van der Waals surface area contributed by atoms with Gasteiger partial charge in [-0.2, -0.15) is 0 Å². The zero-order chi connectivity index (χ0) is 10.6. The predicted molar refractivity (Wildman–Crippen MR) is 53.4 cm³/mol. The van der Waals surface area contributed by atoms with Crippen LogP contribution in [0.5, 0.6) is 0 Å². The maximum atomic E-state index is 11.0. The van der Waals surface area contributed by atoms with Gasteiger partial charge in [0.25, 0.3) is 0 Å². The van der Waals surface area contributed by atoms with Gasteiger partial charge >= 0.3 is 0 Å². The molecule has 0 radical (unpaired) electrons. The second-order valence-electron chi connectivity index (χ2n) is 3.03. The number of Topliss-reactive ketones (excluding diaryl/α,β-unsaturated/α-hetero) is 1. The standard InChI is InChI=1S/C10H20O4/c1-12-7-8-14-6-4-3-5-10(11)9-13-2/h3-9H2,1-2H3. The van der Waals surface area contributed by atoms with Crippen LogP contribution in [0.1, 0.15) is 19.3 Å². The Bertz CT molecular complexity index is 136. The second kappa shape index (κ2) is 10.6. The van der Waals surface area contributed by atoms with E-state index in [9.17, 15) is 4.79 Å². The van der Waals surface area contributed by atoms with Crippen LogP contribution in [0, 0.1) is 0 Å². The van der Waals surface area contributed by atoms with Gasteiger partial charge in [0.15, 0.2) is 5.78 Å². The second-order valence-corrected chi connectivity index (χ2v) is 3.03. The molecule has 0 aromatic carbocycles. The quantitative estimate of drug-likeness (QED) is 0.499. The average Bonchev–Trinajstić information content (AvgIpc) is 2.17. The first kappa shape index (κ1) is 13.5. The number of rotatable bonds is 10. The van der Waals surface area contributed by atoms with Crippen LogP contribution in [-0.2, 0) is 19.0 Å². The van der Waals surface area contributed by atoms with Crippen molar-refractivity contribution in [1.82, 2.24) is 0 Å². The van der Waals surface area contributed by atoms with Crippen molar-refractivity contribution in [3.8, 4) is 0 Å². The molecular formula is C10H20O4. The van der Waals surface area contributed by atoms with Crippen molar-refractivity contribution in [1.29, 1.82) is 0 Å². The van der Waals surface area contributed by atoms with E-state index in [1.807, 2.05) is 0 Å². The summed E-state index contributed by atoms with van der Waals surface area (Å²) in [5.41, 5.74) is 0. The first-order valence-corrected chi connectivity index (χ1v) is 4.88. The third-order valence-electron chi connectivity index (χ3n) is 1.73. The molecule has 0 fully saturated rings. The predicted octanol–water partition coefficient (Wildman–Crippen LogP) is 1.04. The molecule has 0 bridgehead atoms. The Balaban J connectivity index is 3.01. The van der Waals surface area contributed by atoms with Crippen LogP contribution < -0.4 is 0 Å². The number of hydrogen-bond donors (Lipinski definition) is 0. The minimum atomic E-state index is 0.157. The lowest BCUT2D eigenvalue weighted by atomic mass is 10.2. The Morgan fingerprint density at radius 3 is 2.43 bits per heavy atom. The smallest absolute Gasteiger partial charge is 0.158 e. The summed E-state index contributed by atoms with van der Waals surface area (Å²) in [5, 5.41) is 0. The maximum Gasteiger partial charge on any atom is 0.158 e. The first-order valence-electron chi connectivity index (χ1n) is 4.88. The Kier molecular flexibility index (Phi) is 10.3. The van der Waals surface area contributed by atoms with Crippen molar-refractivity contribution in [2.75, 3.05) is 40.6 Å². The van der Waals surface area contributed by atoms with Crippen molar-refractivity contribution >= 4 is 5.78 Å². The van der Waals surface area contributed by atoms with Crippen molar-refractivity contribution in [3.63, 3.8) is 0 Å². The van der Waals surface area contributed by atoms with Crippen LogP contribution in [0.4, 0.5) is 0 Å². The molecule has 4 heteroatoms. The van der Waals surface area contributed by atoms with E-state index in [4.69, 9.17) is 14.2 Å². The third-order valence-corrected chi connectivity index (χ3v) is 1.73. The van der Waals surface area contributed by atoms with Gasteiger partial charge < -0.3 is 14.2 Å². The van der Waals surface area contributed by atoms with E-state index in [1.165, 1.54) is 7.11 Å². The molecule has 0 saturated heterocycles. The Hall–Kier alpha value is -0.450. The Labute approximate surface area is 85.5 Å². The molecule has 4 nitrogen and oxygen atoms in total. The van der Waals surface area contributed by atoms with E-state index >= 15 is 0 Å². The van der Waals surface area contributed by atoms with E-state index < -0.39 is 0 Å². The largest absolute Gasteiger partial charge is 0.382 e. The zero-order valence-corrected chi connectivity index (χ0v) is 9.08. The zero-order valence-electron chi connectivity index (χ0n) is 9.08. The van der Waals surface area contributed by atoms with Crippen molar-refractivity contribution in [2.45, 2.75) is 19.3 Å². The summed E-state index contributed by atoms with van der Waals surface area (Å²) in [6.45, 7) is 2.18. The molecule has 0 unspecified atom stereocenters. The van der Waals surface area contributed by atoms with Gasteiger partial charge in [-0.05, 0) is 12.8 Å². The number of hydrogen-bond acceptors (Lipinski definition) is 4. The van der Waals surface area contributed by atoms with E-state index in [1.54, 1.807) is 7.11 Å². The number of carbonyl (C=O) groups excluding carboxylic acids is 1. The monoisotopic (exact) mass is 204 g/mol. The highest BCUT2D eigenvalue weighted by atomic mass is 16.5. The van der Waals surface area contributed by atoms with Gasteiger partial charge in [0.1, 0.15) is 6.61 Å². The molecule has 0 heterocycles. The fourth-order valence-electron chi connectivity index (χ4n) is 1.00. The SMILES string of the molecule is COCCOCCCCC(=O)COC. The number of ether oxygens (including phenoxy) is 3. The van der Waals surface area contributed by atoms with Crippen molar-refractivity contribution < 1.29 is 19.0 Å². The minimum absolute atomic E-state index is 0.157. The summed E-state index contributed by atoms with van der Waals surface area (Å²) >= 11 is 0. The molecule has 0 aromatic rings. The van der Waals surface area contributed by atoms with Crippen LogP contribution >= 0.6 is 0 Å². The fraction of sp³-hybridized carbons (Fsp3) is 0.900. The number of carbonyl (C=O) groups is 1. The third kappa shape index (κ3) is 9.64. The molecule has 0 rings (SSSR count). The van der Waals surface area contributed by atoms with Gasteiger partial charge in [-0.25, -0.2) is 0 Å². The number of methoxy groups -OCH3 is 2. The molecule has 0 atom stereocenters. The van der Waals surface area contributed by atoms with E-state index in [0.29, 0.717) is 26.2 Å². The number of ketones is 1. The highest BCUT2D eigenvalue weighted by Gasteiger charge is 1.99. The normalized spacial score (nSPS) is 10.4. The highest BCUT2D eigenvalue weighted by Crippen LogP contribution is 1.97. The van der Waals surface area contributed by atoms with Crippen LogP contribution in [0.2, 0.25) is 0 Å². The Morgan fingerprint density at radius 2 is 1.79 bits per heavy atom. The average molecular weight is 204 g/mol. The fourth-order valence-corrected chi connectivity index (χ4v) is 1.00. The van der Waals surface area contributed by atoms with Gasteiger partial charge in [0.05, 0.1) is 13.2 Å². The Morgan fingerprint density at radius 1 is 1.00 bits per heavy atom. The highest BCUT2D eigenvalue weighted by molar-refractivity contribution is 5.79. The van der Waals surface area contributed by atoms with E-state index in [0.717, 1.165) is 12.8 Å². The molecule has 0 aliphatic rings. The summed E-state index contributed by atoms with van der Waals surface area (Å²) in [6, 6.07) is 0. The van der Waals surface area contributed by atoms with Crippen LogP contribution in [0.15, 0.2) is 0 Å². The molecule has 0 aliphatic heterocycles. The molecule has 0 N–H and O–H groups in total. The molecule has 0 spiro atoms. The van der Waals surface area contributed by atoms with Gasteiger partial charge in [-0.15, -0.1) is 0 Å². The lowest BCUT2D eigenvalue weighted by Crippen LogP contribution is -2.07. The van der Waals surface area contributed by atoms with E-state index in [2.05, 4.69) is 0 Å². The van der Waals surface area contributed by atoms with Gasteiger partial charge in [0.2, 0.25) is 0 Å². The van der Waals surface area contributed by atoms with Gasteiger partial charge in [0, 0.05) is 27.2 Å². The maximum absolute atomic E-state index is 11.0. The summed E-state index contributed by atoms with van der Waals surface area (Å²) in [6.07, 6.45) is 2.37. The van der Waals surface area contributed by atoms with Crippen molar-refractivity contribution in [3.05, 3.63) is 0 Å². The molecule has 0 amide bonds. The van der Waals surface area contributed by atoms with Crippen LogP contribution in [-0.4, -0.2) is 46.4 Å². The molecular weight excluding hydrogens is 184 g/mol. The summed E-state index contributed by atoms with van der Waals surface area (Å²) in [7, 11) is 3.18. The topological polar surface area (TPSA) is 44.8 Å². The molecule has 0 aromatic heterocycles. The number of unbranched alkanes of at least 4 members (excludes halogenated alkanes) is 1. The van der Waals surface area contributed by atoms with Crippen LogP contribution in [0.3, 0.4) is 0 Å². The van der Waals surface area contributed by atoms with Gasteiger partial charge in [-0.3, -0.25) is 4.79 Å². The first-order chi connectivity index (χ1) is 6.81. The lowest BCUT2D eigenvalue weighted by Gasteiger charge is -2.02. The molecule has 0 aliphatic carbocycles. The van der Waals surface area contributed by atoms with Crippen molar-refractivity contribution in [2.24, 2.45) is 0 Å². The minimum Gasteiger partial charge on any atom is -0.382 e. The van der Waals surface area contributed by atoms with Crippen LogP contribution in [0.25, 0.3) is 0 Å². The lowest BCUT2D eigenvalue weighted by molar-refractivity contribution is -0.122. The molecule has 0 saturated carbocycles. The summed E-state index contributed by atoms with van der Waals surface area (Å²) < 4.78 is 14.8.